The van der Waals surface area contributed by atoms with Crippen molar-refractivity contribution in [3.8, 4) is 5.75 Å². The van der Waals surface area contributed by atoms with E-state index in [1.807, 2.05) is 56.3 Å². The largest absolute Gasteiger partial charge is 0.495 e. The lowest BCUT2D eigenvalue weighted by Gasteiger charge is -2.27. The number of ether oxygens (including phenoxy) is 1. The van der Waals surface area contributed by atoms with E-state index in [1.165, 1.54) is 0 Å². The van der Waals surface area contributed by atoms with E-state index in [2.05, 4.69) is 10.6 Å². The lowest BCUT2D eigenvalue weighted by Crippen LogP contribution is -2.32. The average Bonchev–Trinajstić information content (AvgIpc) is 2.72. The van der Waals surface area contributed by atoms with Crippen molar-refractivity contribution < 1.29 is 14.3 Å². The van der Waals surface area contributed by atoms with Gasteiger partial charge in [0.25, 0.3) is 0 Å². The second-order valence-corrected chi connectivity index (χ2v) is 7.47. The molecule has 2 aromatic carbocycles. The molecule has 0 atom stereocenters. The molecule has 2 aromatic rings. The topological polar surface area (TPSA) is 67.4 Å². The molecule has 2 N–H and O–H groups in total. The first-order chi connectivity index (χ1) is 13.5. The van der Waals surface area contributed by atoms with Crippen molar-refractivity contribution in [2.45, 2.75) is 39.5 Å². The summed E-state index contributed by atoms with van der Waals surface area (Å²) in [4.78, 5) is 25.3. The van der Waals surface area contributed by atoms with Gasteiger partial charge >= 0.3 is 0 Å². The number of amides is 2. The number of carbonyl (C=O) groups excluding carboxylic acids is 2. The van der Waals surface area contributed by atoms with Gasteiger partial charge in [-0.25, -0.2) is 0 Å². The van der Waals surface area contributed by atoms with Gasteiger partial charge in [0, 0.05) is 17.5 Å². The first-order valence-corrected chi connectivity index (χ1v) is 9.80. The highest BCUT2D eigenvalue weighted by Gasteiger charge is 2.30. The van der Waals surface area contributed by atoms with Crippen molar-refractivity contribution in [1.82, 2.24) is 0 Å². The number of aryl methyl sites for hydroxylation is 1. The summed E-state index contributed by atoms with van der Waals surface area (Å²) in [6, 6.07) is 13.3. The van der Waals surface area contributed by atoms with Gasteiger partial charge in [-0.3, -0.25) is 9.59 Å². The smallest absolute Gasteiger partial charge is 0.227 e. The highest BCUT2D eigenvalue weighted by atomic mass is 16.5. The number of nitrogens with one attached hydrogen (secondary N) is 2. The number of rotatable bonds is 5. The number of benzene rings is 2. The molecule has 1 fully saturated rings. The molecule has 1 aliphatic rings. The Balaban J connectivity index is 1.54. The van der Waals surface area contributed by atoms with Crippen LogP contribution in [0.15, 0.2) is 42.5 Å². The summed E-state index contributed by atoms with van der Waals surface area (Å²) >= 11 is 0. The molecule has 0 radical (unpaired) electrons. The Hall–Kier alpha value is -2.82. The highest BCUT2D eigenvalue weighted by molar-refractivity contribution is 5.95. The van der Waals surface area contributed by atoms with E-state index < -0.39 is 0 Å². The second kappa shape index (κ2) is 8.91. The van der Waals surface area contributed by atoms with E-state index in [4.69, 9.17) is 4.74 Å². The molecule has 0 spiro atoms. The average molecular weight is 380 g/mol. The minimum atomic E-state index is -0.0744. The van der Waals surface area contributed by atoms with Crippen molar-refractivity contribution in [3.63, 3.8) is 0 Å². The summed E-state index contributed by atoms with van der Waals surface area (Å²) in [5.41, 5.74) is 3.82. The number of anilines is 2. The first kappa shape index (κ1) is 19.9. The van der Waals surface area contributed by atoms with Crippen molar-refractivity contribution >= 4 is 23.2 Å². The maximum absolute atomic E-state index is 12.7. The van der Waals surface area contributed by atoms with Gasteiger partial charge in [0.1, 0.15) is 5.75 Å². The van der Waals surface area contributed by atoms with Crippen LogP contribution in [0.1, 0.15) is 36.8 Å². The third-order valence-corrected chi connectivity index (χ3v) is 5.70. The summed E-state index contributed by atoms with van der Waals surface area (Å²) in [6.45, 7) is 4.06. The number of para-hydroxylation sites is 2. The number of hydrogen-bond acceptors (Lipinski definition) is 3. The Bertz CT molecular complexity index is 855. The first-order valence-electron chi connectivity index (χ1n) is 9.80. The fraction of sp³-hybridized carbons (Fsp3) is 0.391. The zero-order chi connectivity index (χ0) is 20.1. The van der Waals surface area contributed by atoms with Gasteiger partial charge in [0.05, 0.1) is 12.8 Å². The Morgan fingerprint density at radius 3 is 1.96 bits per heavy atom. The zero-order valence-electron chi connectivity index (χ0n) is 16.7. The van der Waals surface area contributed by atoms with Crippen LogP contribution in [0.2, 0.25) is 0 Å². The molecule has 0 saturated heterocycles. The van der Waals surface area contributed by atoms with Crippen LogP contribution in [0.5, 0.6) is 5.75 Å². The Morgan fingerprint density at radius 2 is 1.36 bits per heavy atom. The van der Waals surface area contributed by atoms with Gasteiger partial charge in [-0.05, 0) is 68.9 Å². The lowest BCUT2D eigenvalue weighted by atomic mass is 9.81. The Kier molecular flexibility index (Phi) is 6.34. The SMILES string of the molecule is COc1ccccc1NC(=O)C1CCC(C(=O)Nc2cccc(C)c2C)CC1. The quantitative estimate of drug-likeness (QED) is 0.790. The molecular weight excluding hydrogens is 352 g/mol. The van der Waals surface area contributed by atoms with E-state index in [0.29, 0.717) is 24.3 Å². The van der Waals surface area contributed by atoms with Gasteiger partial charge in [-0.15, -0.1) is 0 Å². The number of hydrogen-bond donors (Lipinski definition) is 2. The van der Waals surface area contributed by atoms with Crippen LogP contribution >= 0.6 is 0 Å². The van der Waals surface area contributed by atoms with Crippen LogP contribution in [0.4, 0.5) is 11.4 Å². The molecular formula is C23H28N2O3. The van der Waals surface area contributed by atoms with Gasteiger partial charge in [-0.2, -0.15) is 0 Å². The molecule has 0 bridgehead atoms. The predicted octanol–water partition coefficient (Wildman–Crippen LogP) is 4.70. The van der Waals surface area contributed by atoms with Crippen LogP contribution in [0.25, 0.3) is 0 Å². The van der Waals surface area contributed by atoms with Crippen molar-refractivity contribution in [2.24, 2.45) is 11.8 Å². The van der Waals surface area contributed by atoms with Gasteiger partial charge in [0.15, 0.2) is 0 Å². The minimum absolute atomic E-state index is 0.00196. The fourth-order valence-electron chi connectivity index (χ4n) is 3.72. The number of carbonyl (C=O) groups is 2. The van der Waals surface area contributed by atoms with Crippen LogP contribution in [-0.4, -0.2) is 18.9 Å². The van der Waals surface area contributed by atoms with Crippen molar-refractivity contribution in [2.75, 3.05) is 17.7 Å². The predicted molar refractivity (Wildman–Crippen MR) is 112 cm³/mol. The summed E-state index contributed by atoms with van der Waals surface area (Å²) in [7, 11) is 1.59. The van der Waals surface area contributed by atoms with Crippen molar-refractivity contribution in [1.29, 1.82) is 0 Å². The van der Waals surface area contributed by atoms with Crippen LogP contribution in [0, 0.1) is 25.7 Å². The van der Waals surface area contributed by atoms with Gasteiger partial charge in [0.2, 0.25) is 11.8 Å². The van der Waals surface area contributed by atoms with E-state index >= 15 is 0 Å². The minimum Gasteiger partial charge on any atom is -0.495 e. The van der Waals surface area contributed by atoms with Crippen molar-refractivity contribution in [3.05, 3.63) is 53.6 Å². The summed E-state index contributed by atoms with van der Waals surface area (Å²) in [5.74, 6) is 0.581. The summed E-state index contributed by atoms with van der Waals surface area (Å²) in [5, 5.41) is 6.03. The maximum Gasteiger partial charge on any atom is 0.227 e. The molecule has 2 amide bonds. The van der Waals surface area contributed by atoms with E-state index in [0.717, 1.165) is 29.7 Å². The molecule has 1 saturated carbocycles. The van der Waals surface area contributed by atoms with E-state index in [1.54, 1.807) is 7.11 Å². The molecule has 28 heavy (non-hydrogen) atoms. The molecule has 5 heteroatoms. The third kappa shape index (κ3) is 4.53. The fourth-order valence-corrected chi connectivity index (χ4v) is 3.72. The summed E-state index contributed by atoms with van der Waals surface area (Å²) < 4.78 is 5.29. The zero-order valence-corrected chi connectivity index (χ0v) is 16.7. The van der Waals surface area contributed by atoms with Crippen LogP contribution in [0.3, 0.4) is 0 Å². The molecule has 148 valence electrons. The van der Waals surface area contributed by atoms with Crippen LogP contribution in [-0.2, 0) is 9.59 Å². The normalized spacial score (nSPS) is 19.0. The standard InChI is InChI=1S/C23H28N2O3/c1-15-7-6-9-19(16(15)2)24-22(26)17-11-13-18(14-12-17)23(27)25-20-8-4-5-10-21(20)28-3/h4-10,17-18H,11-14H2,1-3H3,(H,24,26)(H,25,27). The molecule has 5 nitrogen and oxygen atoms in total. The lowest BCUT2D eigenvalue weighted by molar-refractivity contribution is -0.125. The van der Waals surface area contributed by atoms with Gasteiger partial charge < -0.3 is 15.4 Å². The maximum atomic E-state index is 12.7. The van der Waals surface area contributed by atoms with Gasteiger partial charge in [-0.1, -0.05) is 24.3 Å². The molecule has 0 aromatic heterocycles. The molecule has 1 aliphatic carbocycles. The monoisotopic (exact) mass is 380 g/mol. The number of methoxy groups -OCH3 is 1. The van der Waals surface area contributed by atoms with E-state index in [9.17, 15) is 9.59 Å². The van der Waals surface area contributed by atoms with Crippen LogP contribution < -0.4 is 15.4 Å². The second-order valence-electron chi connectivity index (χ2n) is 7.47. The van der Waals surface area contributed by atoms with E-state index in [-0.39, 0.29) is 23.7 Å². The molecule has 0 unspecified atom stereocenters. The summed E-state index contributed by atoms with van der Waals surface area (Å²) in [6.07, 6.45) is 2.87. The Morgan fingerprint density at radius 1 is 0.821 bits per heavy atom. The molecule has 0 heterocycles. The molecule has 0 aliphatic heterocycles. The molecule has 3 rings (SSSR count). The third-order valence-electron chi connectivity index (χ3n) is 5.70. The highest BCUT2D eigenvalue weighted by Crippen LogP contribution is 2.32. The Labute approximate surface area is 166 Å².